The molecule has 0 atom stereocenters. The molecule has 0 amide bonds. The lowest BCUT2D eigenvalue weighted by Gasteiger charge is -2.17. The first kappa shape index (κ1) is 12.4. The maximum atomic E-state index is 13.5. The lowest BCUT2D eigenvalue weighted by molar-refractivity contribution is 0.00570. The van der Waals surface area contributed by atoms with Crippen LogP contribution in [0.1, 0.15) is 12.0 Å². The number of fused-ring (bicyclic) bond motifs is 1. The molecule has 0 saturated heterocycles. The molecule has 1 aliphatic heterocycles. The van der Waals surface area contributed by atoms with Crippen molar-refractivity contribution in [3.05, 3.63) is 22.7 Å². The van der Waals surface area contributed by atoms with Crippen LogP contribution in [0.15, 0.2) is 12.1 Å². The fraction of sp³-hybridized carbons (Fsp3) is 0.455. The monoisotopic (exact) mass is 263 g/mol. The Kier molecular flexibility index (Phi) is 3.40. The summed E-state index contributed by atoms with van der Waals surface area (Å²) in [7, 11) is 0. The number of hydrogen-bond acceptors (Lipinski definition) is 3. The summed E-state index contributed by atoms with van der Waals surface area (Å²) >= 11 is 5.90. The molecule has 3 nitrogen and oxygen atoms in total. The van der Waals surface area contributed by atoms with Crippen molar-refractivity contribution in [2.75, 3.05) is 19.8 Å². The van der Waals surface area contributed by atoms with Crippen molar-refractivity contribution < 1.29 is 18.3 Å². The molecule has 2 rings (SSSR count). The molecule has 0 radical (unpaired) electrons. The minimum atomic E-state index is -3.12. The predicted molar refractivity (Wildman–Crippen MR) is 60.0 cm³/mol. The zero-order chi connectivity index (χ0) is 12.5. The van der Waals surface area contributed by atoms with Gasteiger partial charge in [0.25, 0.3) is 5.92 Å². The van der Waals surface area contributed by atoms with E-state index in [-0.39, 0.29) is 16.3 Å². The second kappa shape index (κ2) is 4.66. The quantitative estimate of drug-likeness (QED) is 0.892. The molecule has 0 fully saturated rings. The van der Waals surface area contributed by atoms with Crippen LogP contribution in [-0.4, -0.2) is 19.8 Å². The zero-order valence-electron chi connectivity index (χ0n) is 9.01. The summed E-state index contributed by atoms with van der Waals surface area (Å²) < 4.78 is 37.6. The number of nitrogens with two attached hydrogens (primary N) is 1. The fourth-order valence-corrected chi connectivity index (χ4v) is 1.83. The van der Waals surface area contributed by atoms with Gasteiger partial charge in [0.2, 0.25) is 0 Å². The van der Waals surface area contributed by atoms with E-state index in [1.54, 1.807) is 0 Å². The largest absolute Gasteiger partial charge is 0.489 e. The normalized spacial score (nSPS) is 15.5. The summed E-state index contributed by atoms with van der Waals surface area (Å²) in [5.41, 5.74) is 4.77. The first-order valence-electron chi connectivity index (χ1n) is 5.22. The van der Waals surface area contributed by atoms with Crippen molar-refractivity contribution in [2.45, 2.75) is 12.3 Å². The number of rotatable bonds is 2. The summed E-state index contributed by atoms with van der Waals surface area (Å²) in [6.45, 7) is 0.100. The van der Waals surface area contributed by atoms with Gasteiger partial charge in [0.1, 0.15) is 0 Å². The van der Waals surface area contributed by atoms with E-state index < -0.39 is 12.5 Å². The van der Waals surface area contributed by atoms with Crippen molar-refractivity contribution in [3.8, 4) is 11.5 Å². The van der Waals surface area contributed by atoms with Gasteiger partial charge in [-0.3, -0.25) is 0 Å². The second-order valence-corrected chi connectivity index (χ2v) is 4.15. The molecule has 0 saturated carbocycles. The van der Waals surface area contributed by atoms with E-state index in [0.717, 1.165) is 0 Å². The topological polar surface area (TPSA) is 44.5 Å². The highest BCUT2D eigenvalue weighted by atomic mass is 35.5. The molecule has 1 aromatic carbocycles. The molecule has 1 aromatic rings. The van der Waals surface area contributed by atoms with E-state index in [1.807, 2.05) is 0 Å². The molecule has 2 N–H and O–H groups in total. The minimum Gasteiger partial charge on any atom is -0.489 e. The Morgan fingerprint density at radius 1 is 1.29 bits per heavy atom. The van der Waals surface area contributed by atoms with Crippen LogP contribution in [0, 0.1) is 0 Å². The first-order valence-corrected chi connectivity index (χ1v) is 5.60. The predicted octanol–water partition coefficient (Wildman–Crippen LogP) is 2.55. The van der Waals surface area contributed by atoms with Crippen molar-refractivity contribution >= 4 is 11.6 Å². The Labute approximate surface area is 102 Å². The highest BCUT2D eigenvalue weighted by Crippen LogP contribution is 2.41. The lowest BCUT2D eigenvalue weighted by atomic mass is 10.1. The summed E-state index contributed by atoms with van der Waals surface area (Å²) in [5.74, 6) is -2.55. The molecule has 17 heavy (non-hydrogen) atoms. The van der Waals surface area contributed by atoms with Crippen molar-refractivity contribution in [2.24, 2.45) is 5.73 Å². The molecule has 6 heteroatoms. The lowest BCUT2D eigenvalue weighted by Crippen LogP contribution is -2.25. The van der Waals surface area contributed by atoms with Gasteiger partial charge in [0, 0.05) is 12.0 Å². The Hall–Kier alpha value is -1.07. The van der Waals surface area contributed by atoms with Crippen LogP contribution >= 0.6 is 11.6 Å². The van der Waals surface area contributed by atoms with Crippen LogP contribution in [0.2, 0.25) is 5.02 Å². The molecule has 0 aromatic heterocycles. The van der Waals surface area contributed by atoms with Crippen LogP contribution in [-0.2, 0) is 5.92 Å². The number of halogens is 3. The van der Waals surface area contributed by atoms with Crippen LogP contribution in [0.25, 0.3) is 0 Å². The van der Waals surface area contributed by atoms with Gasteiger partial charge in [-0.25, -0.2) is 0 Å². The average Bonchev–Trinajstić information content (AvgIpc) is 2.54. The summed E-state index contributed by atoms with van der Waals surface area (Å²) in [6.07, 6.45) is 0.688. The third-order valence-electron chi connectivity index (χ3n) is 2.48. The van der Waals surface area contributed by atoms with Gasteiger partial charge in [-0.05, 0) is 12.1 Å². The maximum Gasteiger partial charge on any atom is 0.285 e. The molecule has 0 unspecified atom stereocenters. The van der Waals surface area contributed by atoms with Gasteiger partial charge in [-0.1, -0.05) is 11.6 Å². The fourth-order valence-electron chi connectivity index (χ4n) is 1.56. The Morgan fingerprint density at radius 2 is 2.00 bits per heavy atom. The minimum absolute atomic E-state index is 0.118. The molecular formula is C11H12ClF2NO2. The standard InChI is InChI=1S/C11H12ClF2NO2/c12-8-4-7(11(13,14)6-15)5-9-10(8)17-3-1-2-16-9/h4-5H,1-3,6,15H2. The summed E-state index contributed by atoms with van der Waals surface area (Å²) in [5, 5.41) is 0.118. The van der Waals surface area contributed by atoms with Crippen LogP contribution < -0.4 is 15.2 Å². The van der Waals surface area contributed by atoms with Crippen LogP contribution in [0.5, 0.6) is 11.5 Å². The Bertz CT molecular complexity index is 426. The molecule has 0 aliphatic carbocycles. The highest BCUT2D eigenvalue weighted by molar-refractivity contribution is 6.32. The third kappa shape index (κ3) is 2.45. The van der Waals surface area contributed by atoms with E-state index in [9.17, 15) is 8.78 Å². The molecule has 94 valence electrons. The van der Waals surface area contributed by atoms with Gasteiger partial charge in [0.15, 0.2) is 11.5 Å². The number of alkyl halides is 2. The van der Waals surface area contributed by atoms with Gasteiger partial charge in [0.05, 0.1) is 24.8 Å². The van der Waals surface area contributed by atoms with Crippen LogP contribution in [0.3, 0.4) is 0 Å². The van der Waals surface area contributed by atoms with E-state index in [2.05, 4.69) is 0 Å². The molecule has 0 bridgehead atoms. The van der Waals surface area contributed by atoms with Crippen molar-refractivity contribution in [1.29, 1.82) is 0 Å². The van der Waals surface area contributed by atoms with Gasteiger partial charge >= 0.3 is 0 Å². The summed E-state index contributed by atoms with van der Waals surface area (Å²) in [6, 6.07) is 2.40. The second-order valence-electron chi connectivity index (χ2n) is 3.74. The van der Waals surface area contributed by atoms with E-state index >= 15 is 0 Å². The Balaban J connectivity index is 2.46. The van der Waals surface area contributed by atoms with Crippen molar-refractivity contribution in [1.82, 2.24) is 0 Å². The van der Waals surface area contributed by atoms with Gasteiger partial charge in [-0.15, -0.1) is 0 Å². The van der Waals surface area contributed by atoms with E-state index in [1.165, 1.54) is 12.1 Å². The summed E-state index contributed by atoms with van der Waals surface area (Å²) in [4.78, 5) is 0. The maximum absolute atomic E-state index is 13.5. The van der Waals surface area contributed by atoms with Crippen LogP contribution in [0.4, 0.5) is 8.78 Å². The molecule has 1 aliphatic rings. The van der Waals surface area contributed by atoms with Gasteiger partial charge in [-0.2, -0.15) is 8.78 Å². The number of hydrogen-bond donors (Lipinski definition) is 1. The zero-order valence-corrected chi connectivity index (χ0v) is 9.77. The first-order chi connectivity index (χ1) is 8.04. The third-order valence-corrected chi connectivity index (χ3v) is 2.76. The Morgan fingerprint density at radius 3 is 2.71 bits per heavy atom. The van der Waals surface area contributed by atoms with Crippen molar-refractivity contribution in [3.63, 3.8) is 0 Å². The van der Waals surface area contributed by atoms with E-state index in [0.29, 0.717) is 25.4 Å². The molecule has 0 spiro atoms. The number of benzene rings is 1. The smallest absolute Gasteiger partial charge is 0.285 e. The molecular weight excluding hydrogens is 252 g/mol. The number of ether oxygens (including phenoxy) is 2. The van der Waals surface area contributed by atoms with E-state index in [4.69, 9.17) is 26.8 Å². The SMILES string of the molecule is NCC(F)(F)c1cc(Cl)c2c(c1)OCCCO2. The highest BCUT2D eigenvalue weighted by Gasteiger charge is 2.32. The average molecular weight is 264 g/mol. The molecule has 1 heterocycles. The van der Waals surface area contributed by atoms with Gasteiger partial charge < -0.3 is 15.2 Å².